The zero-order chi connectivity index (χ0) is 19.0. The Labute approximate surface area is 153 Å². The zero-order valence-corrected chi connectivity index (χ0v) is 16.7. The maximum Gasteiger partial charge on any atom is 0.324 e. The van der Waals surface area contributed by atoms with E-state index in [1.54, 1.807) is 13.8 Å². The van der Waals surface area contributed by atoms with Gasteiger partial charge in [-0.05, 0) is 44.4 Å². The van der Waals surface area contributed by atoms with Crippen molar-refractivity contribution in [2.24, 2.45) is 0 Å². The van der Waals surface area contributed by atoms with Crippen molar-refractivity contribution in [2.75, 3.05) is 26.2 Å². The molecule has 25 heavy (non-hydrogen) atoms. The molecule has 9 heteroatoms. The van der Waals surface area contributed by atoms with Gasteiger partial charge in [0.2, 0.25) is 10.0 Å². The summed E-state index contributed by atoms with van der Waals surface area (Å²) in [6.07, 6.45) is 1.89. The molecule has 0 radical (unpaired) electrons. The standard InChI is InChI=1S/C16H25NO6S2/c1-11(2)23-16(18)13(8-9-24-5)17-25(19,20)12-6-7-14(21-3)15(10-12)22-4/h6-7,10-11,13,17H,8-9H2,1-5H3. The molecule has 1 N–H and O–H groups in total. The highest BCUT2D eigenvalue weighted by Gasteiger charge is 2.28. The van der Waals surface area contributed by atoms with E-state index in [0.29, 0.717) is 17.9 Å². The third-order valence-electron chi connectivity index (χ3n) is 3.21. The summed E-state index contributed by atoms with van der Waals surface area (Å²) in [6.45, 7) is 3.43. The summed E-state index contributed by atoms with van der Waals surface area (Å²) in [5.74, 6) is 0.732. The van der Waals surface area contributed by atoms with Crippen LogP contribution in [0.1, 0.15) is 20.3 Å². The van der Waals surface area contributed by atoms with Crippen LogP contribution in [-0.4, -0.2) is 52.8 Å². The van der Waals surface area contributed by atoms with E-state index in [0.717, 1.165) is 0 Å². The largest absolute Gasteiger partial charge is 0.493 e. The van der Waals surface area contributed by atoms with Crippen LogP contribution in [0.3, 0.4) is 0 Å². The fourth-order valence-electron chi connectivity index (χ4n) is 2.01. The molecular formula is C16H25NO6S2. The van der Waals surface area contributed by atoms with E-state index in [4.69, 9.17) is 14.2 Å². The van der Waals surface area contributed by atoms with Crippen LogP contribution in [-0.2, 0) is 19.6 Å². The molecular weight excluding hydrogens is 366 g/mol. The van der Waals surface area contributed by atoms with Crippen molar-refractivity contribution in [2.45, 2.75) is 37.3 Å². The molecule has 0 saturated heterocycles. The second kappa shape index (κ2) is 9.88. The molecule has 1 unspecified atom stereocenters. The monoisotopic (exact) mass is 391 g/mol. The predicted molar refractivity (Wildman–Crippen MR) is 97.9 cm³/mol. The normalized spacial score (nSPS) is 12.7. The van der Waals surface area contributed by atoms with Crippen LogP contribution in [0.25, 0.3) is 0 Å². The topological polar surface area (TPSA) is 90.9 Å². The van der Waals surface area contributed by atoms with E-state index in [2.05, 4.69) is 4.72 Å². The van der Waals surface area contributed by atoms with Crippen LogP contribution in [0.4, 0.5) is 0 Å². The molecule has 0 heterocycles. The highest BCUT2D eigenvalue weighted by Crippen LogP contribution is 2.29. The van der Waals surface area contributed by atoms with Crippen LogP contribution >= 0.6 is 11.8 Å². The van der Waals surface area contributed by atoms with Crippen molar-refractivity contribution in [3.05, 3.63) is 18.2 Å². The molecule has 0 aromatic heterocycles. The number of sulfonamides is 1. The van der Waals surface area contributed by atoms with E-state index in [-0.39, 0.29) is 16.7 Å². The number of methoxy groups -OCH3 is 2. The minimum absolute atomic E-state index is 0.0170. The maximum atomic E-state index is 12.6. The van der Waals surface area contributed by atoms with E-state index in [9.17, 15) is 13.2 Å². The number of hydrogen-bond donors (Lipinski definition) is 1. The summed E-state index contributed by atoms with van der Waals surface area (Å²) >= 11 is 1.52. The molecule has 0 aliphatic rings. The van der Waals surface area contributed by atoms with Gasteiger partial charge in [0.05, 0.1) is 25.2 Å². The first-order chi connectivity index (χ1) is 11.7. The van der Waals surface area contributed by atoms with E-state index >= 15 is 0 Å². The van der Waals surface area contributed by atoms with Gasteiger partial charge >= 0.3 is 5.97 Å². The molecule has 0 bridgehead atoms. The second-order valence-electron chi connectivity index (χ2n) is 5.46. The van der Waals surface area contributed by atoms with Crippen LogP contribution in [0, 0.1) is 0 Å². The molecule has 7 nitrogen and oxygen atoms in total. The minimum atomic E-state index is -3.92. The summed E-state index contributed by atoms with van der Waals surface area (Å²) < 4.78 is 43.1. The number of benzene rings is 1. The van der Waals surface area contributed by atoms with Crippen LogP contribution in [0.15, 0.2) is 23.1 Å². The average molecular weight is 392 g/mol. The Morgan fingerprint density at radius 1 is 1.20 bits per heavy atom. The molecule has 1 atom stereocenters. The predicted octanol–water partition coefficient (Wildman–Crippen LogP) is 2.06. The third kappa shape index (κ3) is 6.41. The summed E-state index contributed by atoms with van der Waals surface area (Å²) in [5.41, 5.74) is 0. The Kier molecular flexibility index (Phi) is 8.54. The molecule has 1 aromatic carbocycles. The lowest BCUT2D eigenvalue weighted by Crippen LogP contribution is -2.42. The first-order valence-corrected chi connectivity index (χ1v) is 10.6. The Bertz CT molecular complexity index is 675. The zero-order valence-electron chi connectivity index (χ0n) is 15.1. The van der Waals surface area contributed by atoms with Gasteiger partial charge in [-0.1, -0.05) is 0 Å². The van der Waals surface area contributed by atoms with Crippen molar-refractivity contribution in [3.63, 3.8) is 0 Å². The van der Waals surface area contributed by atoms with Crippen molar-refractivity contribution < 1.29 is 27.4 Å². The molecule has 0 spiro atoms. The lowest BCUT2D eigenvalue weighted by Gasteiger charge is -2.19. The number of ether oxygens (including phenoxy) is 3. The number of carbonyl (C=O) groups excluding carboxylic acids is 1. The average Bonchev–Trinajstić information content (AvgIpc) is 2.57. The number of rotatable bonds is 10. The summed E-state index contributed by atoms with van der Waals surface area (Å²) in [6, 6.07) is 3.29. The summed E-state index contributed by atoms with van der Waals surface area (Å²) in [7, 11) is -1.04. The summed E-state index contributed by atoms with van der Waals surface area (Å²) in [4.78, 5) is 12.2. The third-order valence-corrected chi connectivity index (χ3v) is 5.32. The first-order valence-electron chi connectivity index (χ1n) is 7.69. The van der Waals surface area contributed by atoms with Crippen molar-refractivity contribution >= 4 is 27.8 Å². The number of nitrogens with one attached hydrogen (secondary N) is 1. The molecule has 0 aliphatic heterocycles. The van der Waals surface area contributed by atoms with E-state index in [1.165, 1.54) is 44.2 Å². The maximum absolute atomic E-state index is 12.6. The van der Waals surface area contributed by atoms with Crippen LogP contribution in [0.5, 0.6) is 11.5 Å². The molecule has 0 fully saturated rings. The quantitative estimate of drug-likeness (QED) is 0.610. The Hall–Kier alpha value is -1.45. The Morgan fingerprint density at radius 2 is 1.84 bits per heavy atom. The Morgan fingerprint density at radius 3 is 2.36 bits per heavy atom. The van der Waals surface area contributed by atoms with E-state index in [1.807, 2.05) is 6.26 Å². The highest BCUT2D eigenvalue weighted by atomic mass is 32.2. The van der Waals surface area contributed by atoms with Gasteiger partial charge in [-0.25, -0.2) is 8.42 Å². The van der Waals surface area contributed by atoms with Gasteiger partial charge in [0.25, 0.3) is 0 Å². The number of carbonyl (C=O) groups is 1. The molecule has 142 valence electrons. The van der Waals surface area contributed by atoms with Gasteiger partial charge in [-0.3, -0.25) is 4.79 Å². The molecule has 1 aromatic rings. The van der Waals surface area contributed by atoms with Crippen LogP contribution < -0.4 is 14.2 Å². The molecule has 0 saturated carbocycles. The highest BCUT2D eigenvalue weighted by molar-refractivity contribution is 7.98. The smallest absolute Gasteiger partial charge is 0.324 e. The lowest BCUT2D eigenvalue weighted by atomic mass is 10.2. The van der Waals surface area contributed by atoms with Gasteiger partial charge in [-0.15, -0.1) is 0 Å². The fourth-order valence-corrected chi connectivity index (χ4v) is 3.72. The van der Waals surface area contributed by atoms with Crippen LogP contribution in [0.2, 0.25) is 0 Å². The first kappa shape index (κ1) is 21.6. The van der Waals surface area contributed by atoms with Crippen molar-refractivity contribution in [3.8, 4) is 11.5 Å². The number of esters is 1. The van der Waals surface area contributed by atoms with Crippen molar-refractivity contribution in [1.82, 2.24) is 4.72 Å². The molecule has 1 rings (SSSR count). The van der Waals surface area contributed by atoms with Crippen molar-refractivity contribution in [1.29, 1.82) is 0 Å². The molecule has 0 amide bonds. The molecule has 0 aliphatic carbocycles. The van der Waals surface area contributed by atoms with Gasteiger partial charge in [0.15, 0.2) is 11.5 Å². The number of thioether (sulfide) groups is 1. The second-order valence-corrected chi connectivity index (χ2v) is 8.16. The Balaban J connectivity index is 3.06. The SMILES string of the molecule is COc1ccc(S(=O)(=O)NC(CCSC)C(=O)OC(C)C)cc1OC. The van der Waals surface area contributed by atoms with Gasteiger partial charge in [0.1, 0.15) is 6.04 Å². The van der Waals surface area contributed by atoms with Gasteiger partial charge in [0, 0.05) is 6.07 Å². The van der Waals surface area contributed by atoms with Gasteiger partial charge < -0.3 is 14.2 Å². The van der Waals surface area contributed by atoms with E-state index < -0.39 is 22.0 Å². The lowest BCUT2D eigenvalue weighted by molar-refractivity contribution is -0.149. The minimum Gasteiger partial charge on any atom is -0.493 e. The number of hydrogen-bond acceptors (Lipinski definition) is 7. The summed E-state index contributed by atoms with van der Waals surface area (Å²) in [5, 5.41) is 0. The fraction of sp³-hybridized carbons (Fsp3) is 0.562. The van der Waals surface area contributed by atoms with Gasteiger partial charge in [-0.2, -0.15) is 16.5 Å².